The Labute approximate surface area is 152 Å². The topological polar surface area (TPSA) is 96.1 Å². The second-order valence-corrected chi connectivity index (χ2v) is 6.94. The number of amides is 2. The lowest BCUT2D eigenvalue weighted by atomic mass is 9.96. The van der Waals surface area contributed by atoms with E-state index in [0.717, 1.165) is 12.0 Å². The van der Waals surface area contributed by atoms with Crippen LogP contribution in [0.3, 0.4) is 0 Å². The molecule has 25 heavy (non-hydrogen) atoms. The third kappa shape index (κ3) is 2.54. The van der Waals surface area contributed by atoms with Crippen molar-refractivity contribution >= 4 is 24.2 Å². The maximum atomic E-state index is 13.0. The summed E-state index contributed by atoms with van der Waals surface area (Å²) in [6.07, 6.45) is 1.67. The molecule has 3 saturated heterocycles. The van der Waals surface area contributed by atoms with E-state index in [1.165, 1.54) is 11.8 Å². The van der Waals surface area contributed by atoms with E-state index < -0.39 is 29.6 Å². The number of rotatable bonds is 2. The number of fused-ring (bicyclic) bond motifs is 3. The van der Waals surface area contributed by atoms with Crippen LogP contribution in [0.2, 0.25) is 0 Å². The normalized spacial score (nSPS) is 36.9. The minimum absolute atomic E-state index is 0. The van der Waals surface area contributed by atoms with Crippen LogP contribution in [0.5, 0.6) is 0 Å². The molecule has 3 heterocycles. The van der Waals surface area contributed by atoms with Crippen molar-refractivity contribution in [1.82, 2.24) is 9.80 Å². The summed E-state index contributed by atoms with van der Waals surface area (Å²) in [5.41, 5.74) is 5.22. The number of nitrogens with two attached hydrogens (primary N) is 1. The minimum Gasteiger partial charge on any atom is -0.347 e. The Hall–Kier alpha value is -1.67. The van der Waals surface area contributed by atoms with Crippen molar-refractivity contribution in [2.75, 3.05) is 6.54 Å². The molecule has 7 nitrogen and oxygen atoms in total. The van der Waals surface area contributed by atoms with Crippen molar-refractivity contribution in [3.63, 3.8) is 0 Å². The Bertz CT molecular complexity index is 698. The van der Waals surface area contributed by atoms with Crippen LogP contribution in [0.25, 0.3) is 0 Å². The highest BCUT2D eigenvalue weighted by Crippen LogP contribution is 2.44. The van der Waals surface area contributed by atoms with Crippen LogP contribution in [0.4, 0.5) is 0 Å². The van der Waals surface area contributed by atoms with Gasteiger partial charge in [-0.25, -0.2) is 0 Å². The Morgan fingerprint density at radius 2 is 2.00 bits per heavy atom. The van der Waals surface area contributed by atoms with Crippen molar-refractivity contribution in [2.24, 2.45) is 5.73 Å². The molecule has 0 aromatic heterocycles. The Kier molecular flexibility index (Phi) is 4.31. The monoisotopic (exact) mass is 367 g/mol. The summed E-state index contributed by atoms with van der Waals surface area (Å²) in [4.78, 5) is 28.5. The van der Waals surface area contributed by atoms with Crippen molar-refractivity contribution in [3.05, 3.63) is 35.9 Å². The Morgan fingerprint density at radius 1 is 1.32 bits per heavy atom. The number of carbonyl (C=O) groups is 2. The van der Waals surface area contributed by atoms with Gasteiger partial charge in [0.15, 0.2) is 5.72 Å². The quantitative estimate of drug-likeness (QED) is 0.778. The fourth-order valence-electron chi connectivity index (χ4n) is 4.12. The number of ether oxygens (including phenoxy) is 1. The van der Waals surface area contributed by atoms with Crippen LogP contribution in [0, 0.1) is 0 Å². The van der Waals surface area contributed by atoms with Gasteiger partial charge in [-0.3, -0.25) is 20.2 Å². The molecular formula is C17H22ClN3O4. The number of carbonyl (C=O) groups excluding carboxylic acids is 2. The summed E-state index contributed by atoms with van der Waals surface area (Å²) in [5.74, 6) is -2.56. The number of benzene rings is 1. The molecule has 0 spiro atoms. The molecule has 2 amide bonds. The molecule has 4 rings (SSSR count). The van der Waals surface area contributed by atoms with Crippen molar-refractivity contribution in [1.29, 1.82) is 0 Å². The SMILES string of the molecule is C[C@@]1(N)O[C@@]2(O)[C@@H]3CCCN3C(=O)[C@H](Cc3ccccc3)N2C1=O.Cl. The first kappa shape index (κ1) is 18.1. The first-order valence-electron chi connectivity index (χ1n) is 8.24. The van der Waals surface area contributed by atoms with E-state index in [9.17, 15) is 14.7 Å². The molecule has 0 bridgehead atoms. The summed E-state index contributed by atoms with van der Waals surface area (Å²) in [6.45, 7) is 1.98. The molecule has 0 radical (unpaired) electrons. The molecule has 0 aliphatic carbocycles. The van der Waals surface area contributed by atoms with Gasteiger partial charge in [-0.1, -0.05) is 30.3 Å². The summed E-state index contributed by atoms with van der Waals surface area (Å²) in [6, 6.07) is 8.05. The number of hydrogen-bond acceptors (Lipinski definition) is 5. The highest BCUT2D eigenvalue weighted by molar-refractivity contribution is 5.94. The van der Waals surface area contributed by atoms with Gasteiger partial charge < -0.3 is 14.7 Å². The molecule has 0 saturated carbocycles. The molecule has 3 aliphatic heterocycles. The lowest BCUT2D eigenvalue weighted by Crippen LogP contribution is -2.71. The molecule has 3 fully saturated rings. The molecule has 136 valence electrons. The molecule has 3 N–H and O–H groups in total. The van der Waals surface area contributed by atoms with Gasteiger partial charge in [0.05, 0.1) is 0 Å². The van der Waals surface area contributed by atoms with E-state index in [0.29, 0.717) is 19.4 Å². The standard InChI is InChI=1S/C17H21N3O4.ClH/c1-16(18)15(22)20-12(10-11-6-3-2-4-7-11)14(21)19-9-5-8-13(19)17(20,23)24-16;/h2-4,6-7,12-13,23H,5,8-10,18H2,1H3;1H/t12-,13-,16+,17-;/m0./s1. The number of halogens is 1. The van der Waals surface area contributed by atoms with Gasteiger partial charge in [-0.05, 0) is 25.3 Å². The van der Waals surface area contributed by atoms with Gasteiger partial charge >= 0.3 is 0 Å². The first-order valence-corrected chi connectivity index (χ1v) is 8.24. The van der Waals surface area contributed by atoms with Crippen LogP contribution in [-0.2, 0) is 20.7 Å². The van der Waals surface area contributed by atoms with Gasteiger partial charge in [0, 0.05) is 13.0 Å². The third-order valence-corrected chi connectivity index (χ3v) is 5.19. The van der Waals surface area contributed by atoms with Gasteiger partial charge in [0.2, 0.25) is 5.91 Å². The van der Waals surface area contributed by atoms with Crippen molar-refractivity contribution in [2.45, 2.75) is 49.9 Å². The number of hydrogen-bond donors (Lipinski definition) is 2. The molecule has 4 atom stereocenters. The predicted octanol–water partition coefficient (Wildman–Crippen LogP) is 0.204. The van der Waals surface area contributed by atoms with E-state index >= 15 is 0 Å². The van der Waals surface area contributed by atoms with E-state index in [-0.39, 0.29) is 18.3 Å². The van der Waals surface area contributed by atoms with E-state index in [1.807, 2.05) is 30.3 Å². The van der Waals surface area contributed by atoms with Crippen molar-refractivity contribution in [3.8, 4) is 0 Å². The lowest BCUT2D eigenvalue weighted by molar-refractivity contribution is -0.312. The van der Waals surface area contributed by atoms with E-state index in [1.54, 1.807) is 4.90 Å². The Morgan fingerprint density at radius 3 is 2.68 bits per heavy atom. The van der Waals surface area contributed by atoms with Crippen LogP contribution >= 0.6 is 12.4 Å². The maximum Gasteiger partial charge on any atom is 0.275 e. The van der Waals surface area contributed by atoms with E-state index in [2.05, 4.69) is 0 Å². The minimum atomic E-state index is -1.86. The zero-order valence-corrected chi connectivity index (χ0v) is 14.7. The van der Waals surface area contributed by atoms with Crippen LogP contribution in [0.1, 0.15) is 25.3 Å². The third-order valence-electron chi connectivity index (χ3n) is 5.19. The first-order chi connectivity index (χ1) is 11.3. The van der Waals surface area contributed by atoms with Gasteiger partial charge in [-0.15, -0.1) is 12.4 Å². The lowest BCUT2D eigenvalue weighted by Gasteiger charge is -2.48. The van der Waals surface area contributed by atoms with Crippen LogP contribution < -0.4 is 5.73 Å². The smallest absolute Gasteiger partial charge is 0.275 e. The molecule has 1 aromatic carbocycles. The zero-order chi connectivity index (χ0) is 17.1. The van der Waals surface area contributed by atoms with Gasteiger partial charge in [0.1, 0.15) is 12.1 Å². The summed E-state index contributed by atoms with van der Waals surface area (Å²) < 4.78 is 5.60. The van der Waals surface area contributed by atoms with E-state index in [4.69, 9.17) is 10.5 Å². The zero-order valence-electron chi connectivity index (χ0n) is 13.9. The largest absolute Gasteiger partial charge is 0.347 e. The highest BCUT2D eigenvalue weighted by Gasteiger charge is 2.68. The summed E-state index contributed by atoms with van der Waals surface area (Å²) in [5, 5.41) is 11.2. The maximum absolute atomic E-state index is 13.0. The average Bonchev–Trinajstić information content (AvgIpc) is 3.09. The molecule has 1 aromatic rings. The fraction of sp³-hybridized carbons (Fsp3) is 0.529. The number of nitrogens with zero attached hydrogens (tertiary/aromatic N) is 2. The molecule has 8 heteroatoms. The average molecular weight is 368 g/mol. The van der Waals surface area contributed by atoms with Gasteiger partial charge in [0.25, 0.3) is 11.8 Å². The van der Waals surface area contributed by atoms with Crippen molar-refractivity contribution < 1.29 is 19.4 Å². The number of piperazine rings is 1. The molecule has 0 unspecified atom stereocenters. The summed E-state index contributed by atoms with van der Waals surface area (Å²) >= 11 is 0. The Balaban J connectivity index is 0.00000182. The fourth-order valence-corrected chi connectivity index (χ4v) is 4.12. The number of aliphatic hydroxyl groups is 1. The predicted molar refractivity (Wildman–Crippen MR) is 91.4 cm³/mol. The molecular weight excluding hydrogens is 346 g/mol. The highest BCUT2D eigenvalue weighted by atomic mass is 35.5. The van der Waals surface area contributed by atoms with Gasteiger partial charge in [-0.2, -0.15) is 0 Å². The van der Waals surface area contributed by atoms with Crippen LogP contribution in [-0.4, -0.2) is 57.0 Å². The summed E-state index contributed by atoms with van der Waals surface area (Å²) in [7, 11) is 0. The second-order valence-electron chi connectivity index (χ2n) is 6.94. The van der Waals surface area contributed by atoms with Crippen LogP contribution in [0.15, 0.2) is 30.3 Å². The second kappa shape index (κ2) is 5.95. The molecule has 3 aliphatic rings.